The van der Waals surface area contributed by atoms with Gasteiger partial charge in [0.1, 0.15) is 0 Å². The van der Waals surface area contributed by atoms with Crippen molar-refractivity contribution in [2.75, 3.05) is 13.1 Å². The molecule has 68 valence electrons. The molecule has 0 aromatic rings. The van der Waals surface area contributed by atoms with Crippen LogP contribution in [-0.2, 0) is 0 Å². The van der Waals surface area contributed by atoms with Crippen molar-refractivity contribution in [3.05, 3.63) is 12.7 Å². The molecule has 2 rings (SSSR count). The van der Waals surface area contributed by atoms with Crippen molar-refractivity contribution in [3.63, 3.8) is 0 Å². The summed E-state index contributed by atoms with van der Waals surface area (Å²) < 4.78 is 0. The van der Waals surface area contributed by atoms with Gasteiger partial charge < -0.3 is 4.90 Å². The van der Waals surface area contributed by atoms with Crippen LogP contribution < -0.4 is 0 Å². The van der Waals surface area contributed by atoms with Crippen molar-refractivity contribution in [2.24, 2.45) is 5.92 Å². The van der Waals surface area contributed by atoms with E-state index in [9.17, 15) is 0 Å². The summed E-state index contributed by atoms with van der Waals surface area (Å²) in [4.78, 5) is 2.69. The number of rotatable bonds is 3. The van der Waals surface area contributed by atoms with Gasteiger partial charge in [-0.05, 0) is 44.6 Å². The monoisotopic (exact) mass is 165 g/mol. The predicted molar refractivity (Wildman–Crippen MR) is 52.1 cm³/mol. The highest BCUT2D eigenvalue weighted by Crippen LogP contribution is 2.33. The summed E-state index contributed by atoms with van der Waals surface area (Å²) in [6.45, 7) is 6.52. The molecule has 0 N–H and O–H groups in total. The third-order valence-electron chi connectivity index (χ3n) is 3.38. The van der Waals surface area contributed by atoms with Gasteiger partial charge in [-0.1, -0.05) is 6.08 Å². The molecule has 2 aliphatic rings. The molecule has 0 saturated carbocycles. The Morgan fingerprint density at radius 2 is 2.42 bits per heavy atom. The molecule has 0 bridgehead atoms. The highest BCUT2D eigenvalue weighted by atomic mass is 15.2. The number of hydrogen-bond acceptors (Lipinski definition) is 1. The lowest BCUT2D eigenvalue weighted by atomic mass is 9.98. The fourth-order valence-electron chi connectivity index (χ4n) is 2.76. The van der Waals surface area contributed by atoms with Crippen LogP contribution in [0.3, 0.4) is 0 Å². The van der Waals surface area contributed by atoms with Crippen LogP contribution in [0.25, 0.3) is 0 Å². The van der Waals surface area contributed by atoms with Crippen LogP contribution in [0.2, 0.25) is 0 Å². The number of nitrogens with zero attached hydrogens (tertiary/aromatic N) is 1. The van der Waals surface area contributed by atoms with E-state index in [0.29, 0.717) is 0 Å². The van der Waals surface area contributed by atoms with Crippen LogP contribution >= 0.6 is 0 Å². The van der Waals surface area contributed by atoms with Crippen LogP contribution in [-0.4, -0.2) is 24.0 Å². The topological polar surface area (TPSA) is 3.24 Å². The smallest absolute Gasteiger partial charge is 0.00989 e. The van der Waals surface area contributed by atoms with Gasteiger partial charge in [-0.3, -0.25) is 0 Å². The Hall–Kier alpha value is -0.300. The Kier molecular flexibility index (Phi) is 2.50. The first-order valence-electron chi connectivity index (χ1n) is 5.25. The van der Waals surface area contributed by atoms with Crippen LogP contribution in [0.1, 0.15) is 32.1 Å². The summed E-state index contributed by atoms with van der Waals surface area (Å²) in [5.41, 5.74) is 0. The van der Waals surface area contributed by atoms with Crippen LogP contribution in [0.15, 0.2) is 12.7 Å². The van der Waals surface area contributed by atoms with Gasteiger partial charge in [0.25, 0.3) is 0 Å². The highest BCUT2D eigenvalue weighted by Gasteiger charge is 2.34. The molecule has 2 fully saturated rings. The maximum Gasteiger partial charge on any atom is 0.00989 e. The molecule has 0 aliphatic carbocycles. The van der Waals surface area contributed by atoms with Gasteiger partial charge in [-0.15, -0.1) is 6.58 Å². The van der Waals surface area contributed by atoms with E-state index in [1.54, 1.807) is 0 Å². The number of fused-ring (bicyclic) bond motifs is 1. The Bertz CT molecular complexity index is 152. The minimum atomic E-state index is 0.958. The molecule has 1 nitrogen and oxygen atoms in total. The van der Waals surface area contributed by atoms with Gasteiger partial charge in [-0.2, -0.15) is 0 Å². The van der Waals surface area contributed by atoms with E-state index in [1.807, 2.05) is 0 Å². The molecule has 1 heteroatoms. The van der Waals surface area contributed by atoms with E-state index in [4.69, 9.17) is 0 Å². The molecule has 12 heavy (non-hydrogen) atoms. The molecule has 0 aromatic carbocycles. The lowest BCUT2D eigenvalue weighted by molar-refractivity contribution is 0.316. The van der Waals surface area contributed by atoms with Crippen LogP contribution in [0.5, 0.6) is 0 Å². The average Bonchev–Trinajstić information content (AvgIpc) is 2.58. The Balaban J connectivity index is 1.78. The number of hydrogen-bond donors (Lipinski definition) is 0. The molecule has 0 unspecified atom stereocenters. The quantitative estimate of drug-likeness (QED) is 0.581. The van der Waals surface area contributed by atoms with Crippen molar-refractivity contribution >= 4 is 0 Å². The second kappa shape index (κ2) is 3.61. The zero-order chi connectivity index (χ0) is 8.39. The molecular weight excluding hydrogens is 146 g/mol. The van der Waals surface area contributed by atoms with E-state index in [0.717, 1.165) is 12.0 Å². The largest absolute Gasteiger partial charge is 0.300 e. The maximum absolute atomic E-state index is 3.78. The van der Waals surface area contributed by atoms with Crippen LogP contribution in [0.4, 0.5) is 0 Å². The van der Waals surface area contributed by atoms with E-state index in [1.165, 1.54) is 45.2 Å². The van der Waals surface area contributed by atoms with Crippen molar-refractivity contribution in [2.45, 2.75) is 38.1 Å². The summed E-state index contributed by atoms with van der Waals surface area (Å²) in [5, 5.41) is 0. The lowest BCUT2D eigenvalue weighted by Gasteiger charge is -2.12. The minimum absolute atomic E-state index is 0.958. The maximum atomic E-state index is 3.78. The molecule has 0 spiro atoms. The standard InChI is InChI=1S/C11H19N/c1-2-3-5-10-8-11-6-4-7-12(11)9-10/h2,10-11H,1,3-9H2/t10-,11-/m1/s1. The summed E-state index contributed by atoms with van der Waals surface area (Å²) in [7, 11) is 0. The molecule has 0 aromatic heterocycles. The van der Waals surface area contributed by atoms with Crippen molar-refractivity contribution < 1.29 is 0 Å². The van der Waals surface area contributed by atoms with E-state index < -0.39 is 0 Å². The fraction of sp³-hybridized carbons (Fsp3) is 0.818. The van der Waals surface area contributed by atoms with Crippen LogP contribution in [0, 0.1) is 5.92 Å². The first kappa shape index (κ1) is 8.31. The third kappa shape index (κ3) is 1.56. The molecule has 2 saturated heterocycles. The molecule has 2 aliphatic heterocycles. The number of allylic oxidation sites excluding steroid dienone is 1. The first-order chi connectivity index (χ1) is 5.90. The Morgan fingerprint density at radius 1 is 1.50 bits per heavy atom. The fourth-order valence-corrected chi connectivity index (χ4v) is 2.76. The molecule has 0 amide bonds. The Morgan fingerprint density at radius 3 is 3.17 bits per heavy atom. The Labute approximate surface area is 75.4 Å². The average molecular weight is 165 g/mol. The van der Waals surface area contributed by atoms with Gasteiger partial charge in [-0.25, -0.2) is 0 Å². The predicted octanol–water partition coefficient (Wildman–Crippen LogP) is 2.44. The highest BCUT2D eigenvalue weighted by molar-refractivity contribution is 4.90. The van der Waals surface area contributed by atoms with Crippen molar-refractivity contribution in [3.8, 4) is 0 Å². The zero-order valence-corrected chi connectivity index (χ0v) is 7.84. The molecule has 2 heterocycles. The first-order valence-corrected chi connectivity index (χ1v) is 5.25. The molecule has 0 radical (unpaired) electrons. The lowest BCUT2D eigenvalue weighted by Crippen LogP contribution is -2.22. The van der Waals surface area contributed by atoms with Gasteiger partial charge in [0, 0.05) is 12.6 Å². The zero-order valence-electron chi connectivity index (χ0n) is 7.84. The summed E-state index contributed by atoms with van der Waals surface area (Å²) in [5.74, 6) is 0.980. The van der Waals surface area contributed by atoms with Crippen molar-refractivity contribution in [1.29, 1.82) is 0 Å². The summed E-state index contributed by atoms with van der Waals surface area (Å²) >= 11 is 0. The SMILES string of the molecule is C=CCC[C@@H]1C[C@H]2CCCN2C1. The second-order valence-corrected chi connectivity index (χ2v) is 4.26. The van der Waals surface area contributed by atoms with Gasteiger partial charge >= 0.3 is 0 Å². The third-order valence-corrected chi connectivity index (χ3v) is 3.38. The van der Waals surface area contributed by atoms with E-state index in [-0.39, 0.29) is 0 Å². The molecular formula is C11H19N. The van der Waals surface area contributed by atoms with E-state index >= 15 is 0 Å². The van der Waals surface area contributed by atoms with Crippen molar-refractivity contribution in [1.82, 2.24) is 4.90 Å². The van der Waals surface area contributed by atoms with E-state index in [2.05, 4.69) is 17.6 Å². The van der Waals surface area contributed by atoms with Gasteiger partial charge in [0.05, 0.1) is 0 Å². The van der Waals surface area contributed by atoms with Gasteiger partial charge in [0.15, 0.2) is 0 Å². The van der Waals surface area contributed by atoms with Gasteiger partial charge in [0.2, 0.25) is 0 Å². The minimum Gasteiger partial charge on any atom is -0.300 e. The summed E-state index contributed by atoms with van der Waals surface area (Å²) in [6.07, 6.45) is 9.02. The normalized spacial score (nSPS) is 35.3. The molecule has 2 atom stereocenters. The second-order valence-electron chi connectivity index (χ2n) is 4.26. The summed E-state index contributed by atoms with van der Waals surface area (Å²) in [6, 6.07) is 0.958.